The molecule has 0 spiro atoms. The van der Waals surface area contributed by atoms with Crippen LogP contribution in [0.1, 0.15) is 5.56 Å². The van der Waals surface area contributed by atoms with Crippen molar-refractivity contribution >= 4 is 5.97 Å². The number of hydrogen-bond donors (Lipinski definition) is 1. The number of rotatable bonds is 6. The van der Waals surface area contributed by atoms with E-state index in [1.165, 1.54) is 18.2 Å². The van der Waals surface area contributed by atoms with Crippen molar-refractivity contribution in [1.82, 2.24) is 0 Å². The third-order valence-corrected chi connectivity index (χ3v) is 2.42. The van der Waals surface area contributed by atoms with Gasteiger partial charge in [-0.05, 0) is 11.6 Å². The highest BCUT2D eigenvalue weighted by Crippen LogP contribution is 2.30. The zero-order chi connectivity index (χ0) is 15.3. The first kappa shape index (κ1) is 16.2. The molecule has 20 heavy (non-hydrogen) atoms. The van der Waals surface area contributed by atoms with Gasteiger partial charge in [0.15, 0.2) is 0 Å². The smallest absolute Gasteiger partial charge is 0.461 e. The van der Waals surface area contributed by atoms with E-state index in [1.54, 1.807) is 0 Å². The lowest BCUT2D eigenvalue weighted by Crippen LogP contribution is -2.35. The Bertz CT molecular complexity index is 468. The Morgan fingerprint density at radius 3 is 2.50 bits per heavy atom. The molecule has 0 bridgehead atoms. The van der Waals surface area contributed by atoms with E-state index in [1.807, 2.05) is 0 Å². The molecule has 8 heteroatoms. The molecule has 1 aromatic rings. The second kappa shape index (κ2) is 6.56. The van der Waals surface area contributed by atoms with Gasteiger partial charge in [0, 0.05) is 6.42 Å². The van der Waals surface area contributed by atoms with Gasteiger partial charge < -0.3 is 15.2 Å². The number of esters is 1. The van der Waals surface area contributed by atoms with E-state index in [-0.39, 0.29) is 12.0 Å². The molecule has 0 saturated heterocycles. The quantitative estimate of drug-likeness (QED) is 0.644. The van der Waals surface area contributed by atoms with Crippen molar-refractivity contribution < 1.29 is 31.8 Å². The van der Waals surface area contributed by atoms with Crippen LogP contribution in [0.2, 0.25) is 0 Å². The van der Waals surface area contributed by atoms with Crippen LogP contribution in [0.5, 0.6) is 5.75 Å². The average Bonchev–Trinajstić information content (AvgIpc) is 2.39. The molecule has 1 rings (SSSR count). The van der Waals surface area contributed by atoms with Gasteiger partial charge >= 0.3 is 18.5 Å². The number of hydrogen-bond acceptors (Lipinski definition) is 4. The molecule has 0 aliphatic carbocycles. The van der Waals surface area contributed by atoms with Crippen molar-refractivity contribution in [3.8, 4) is 5.75 Å². The van der Waals surface area contributed by atoms with E-state index >= 15 is 0 Å². The van der Waals surface area contributed by atoms with Crippen LogP contribution in [0.15, 0.2) is 24.3 Å². The Morgan fingerprint density at radius 2 is 1.95 bits per heavy atom. The summed E-state index contributed by atoms with van der Waals surface area (Å²) in [4.78, 5) is 11.2. The molecule has 1 atom stereocenters. The minimum absolute atomic E-state index is 0.103. The summed E-state index contributed by atoms with van der Waals surface area (Å²) in [6.07, 6.45) is -8.77. The minimum Gasteiger partial charge on any atom is -0.468 e. The maximum absolute atomic E-state index is 12.9. The van der Waals surface area contributed by atoms with Crippen molar-refractivity contribution in [3.05, 3.63) is 29.8 Å². The predicted octanol–water partition coefficient (Wildman–Crippen LogP) is 1.97. The number of methoxy groups -OCH3 is 1. The van der Waals surface area contributed by atoms with Crippen LogP contribution in [0.4, 0.5) is 17.6 Å². The molecule has 0 aromatic heterocycles. The largest absolute Gasteiger partial charge is 0.468 e. The average molecular weight is 295 g/mol. The zero-order valence-electron chi connectivity index (χ0n) is 10.5. The highest BCUT2D eigenvalue weighted by atomic mass is 19.3. The number of alkyl halides is 4. The monoisotopic (exact) mass is 295 g/mol. The normalized spacial score (nSPS) is 13.2. The summed E-state index contributed by atoms with van der Waals surface area (Å²) in [6.45, 7) is 0. The van der Waals surface area contributed by atoms with Gasteiger partial charge in [-0.25, -0.2) is 0 Å². The van der Waals surface area contributed by atoms with Crippen LogP contribution in [-0.4, -0.2) is 31.7 Å². The van der Waals surface area contributed by atoms with Crippen LogP contribution >= 0.6 is 0 Å². The maximum Gasteiger partial charge on any atom is 0.461 e. The van der Waals surface area contributed by atoms with Gasteiger partial charge in [-0.1, -0.05) is 18.2 Å². The van der Waals surface area contributed by atoms with Crippen molar-refractivity contribution in [2.45, 2.75) is 25.0 Å². The van der Waals surface area contributed by atoms with Gasteiger partial charge in [-0.3, -0.25) is 4.79 Å². The number of nitrogens with two attached hydrogens (primary N) is 1. The Balaban J connectivity index is 2.91. The van der Waals surface area contributed by atoms with E-state index < -0.39 is 30.3 Å². The van der Waals surface area contributed by atoms with Gasteiger partial charge in [0.2, 0.25) is 0 Å². The number of carbonyl (C=O) groups excluding carboxylic acids is 1. The van der Waals surface area contributed by atoms with Crippen LogP contribution < -0.4 is 10.5 Å². The molecule has 0 radical (unpaired) electrons. The molecule has 112 valence electrons. The Kier molecular flexibility index (Phi) is 5.32. The fourth-order valence-electron chi connectivity index (χ4n) is 1.43. The molecule has 1 aromatic carbocycles. The minimum atomic E-state index is -4.62. The SMILES string of the molecule is COC(=O)[C@H](N)Cc1ccccc1OC(F)(F)C(F)F. The molecule has 0 aliphatic rings. The second-order valence-corrected chi connectivity index (χ2v) is 3.91. The summed E-state index contributed by atoms with van der Waals surface area (Å²) in [5.74, 6) is -1.21. The fourth-order valence-corrected chi connectivity index (χ4v) is 1.43. The molecule has 2 N–H and O–H groups in total. The summed E-state index contributed by atoms with van der Waals surface area (Å²) in [5.41, 5.74) is 5.59. The highest BCUT2D eigenvalue weighted by molar-refractivity contribution is 5.75. The first-order valence-corrected chi connectivity index (χ1v) is 5.54. The summed E-state index contributed by atoms with van der Waals surface area (Å²) in [7, 11) is 1.12. The van der Waals surface area contributed by atoms with Crippen LogP contribution in [0.3, 0.4) is 0 Å². The summed E-state index contributed by atoms with van der Waals surface area (Å²) in [5, 5.41) is 0. The van der Waals surface area contributed by atoms with E-state index in [0.29, 0.717) is 0 Å². The Morgan fingerprint density at radius 1 is 1.35 bits per heavy atom. The van der Waals surface area contributed by atoms with E-state index in [0.717, 1.165) is 13.2 Å². The lowest BCUT2D eigenvalue weighted by atomic mass is 10.1. The molecule has 4 nitrogen and oxygen atoms in total. The first-order chi connectivity index (χ1) is 9.27. The molecule has 0 heterocycles. The van der Waals surface area contributed by atoms with E-state index in [9.17, 15) is 22.4 Å². The van der Waals surface area contributed by atoms with Gasteiger partial charge in [0.1, 0.15) is 11.8 Å². The lowest BCUT2D eigenvalue weighted by molar-refractivity contribution is -0.253. The summed E-state index contributed by atoms with van der Waals surface area (Å²) >= 11 is 0. The topological polar surface area (TPSA) is 61.5 Å². The lowest BCUT2D eigenvalue weighted by Gasteiger charge is -2.19. The molecule has 0 unspecified atom stereocenters. The van der Waals surface area contributed by atoms with Crippen molar-refractivity contribution in [2.75, 3.05) is 7.11 Å². The third-order valence-electron chi connectivity index (χ3n) is 2.42. The van der Waals surface area contributed by atoms with Gasteiger partial charge in [0.25, 0.3) is 0 Å². The zero-order valence-corrected chi connectivity index (χ0v) is 10.5. The summed E-state index contributed by atoms with van der Waals surface area (Å²) < 4.78 is 58.4. The van der Waals surface area contributed by atoms with Crippen molar-refractivity contribution in [2.24, 2.45) is 5.73 Å². The predicted molar refractivity (Wildman–Crippen MR) is 61.7 cm³/mol. The molecule has 0 aliphatic heterocycles. The highest BCUT2D eigenvalue weighted by Gasteiger charge is 2.44. The van der Waals surface area contributed by atoms with E-state index in [4.69, 9.17) is 5.73 Å². The van der Waals surface area contributed by atoms with E-state index in [2.05, 4.69) is 9.47 Å². The summed E-state index contributed by atoms with van der Waals surface area (Å²) in [6, 6.07) is 4.15. The number of benzene rings is 1. The van der Waals surface area contributed by atoms with Crippen molar-refractivity contribution in [1.29, 1.82) is 0 Å². The van der Waals surface area contributed by atoms with Crippen LogP contribution in [-0.2, 0) is 16.0 Å². The fraction of sp³-hybridized carbons (Fsp3) is 0.417. The molecule has 0 amide bonds. The molecule has 0 fully saturated rings. The Labute approximate surface area is 112 Å². The maximum atomic E-state index is 12.9. The van der Waals surface area contributed by atoms with Gasteiger partial charge in [-0.15, -0.1) is 0 Å². The van der Waals surface area contributed by atoms with Crippen LogP contribution in [0, 0.1) is 0 Å². The molecular weight excluding hydrogens is 282 g/mol. The van der Waals surface area contributed by atoms with Gasteiger partial charge in [0.05, 0.1) is 7.11 Å². The number of carbonyl (C=O) groups is 1. The third kappa shape index (κ3) is 4.09. The number of para-hydroxylation sites is 1. The number of halogens is 4. The molecule has 0 saturated carbocycles. The number of ether oxygens (including phenoxy) is 2. The van der Waals surface area contributed by atoms with Gasteiger partial charge in [-0.2, -0.15) is 17.6 Å². The van der Waals surface area contributed by atoms with Crippen molar-refractivity contribution in [3.63, 3.8) is 0 Å². The standard InChI is InChI=1S/C12H13F4NO3/c1-19-10(18)8(17)6-7-4-2-3-5-9(7)20-12(15,16)11(13)14/h2-5,8,11H,6,17H2,1H3/t8-/m1/s1. The Hall–Kier alpha value is -1.83. The molecular formula is C12H13F4NO3. The first-order valence-electron chi connectivity index (χ1n) is 5.54. The van der Waals surface area contributed by atoms with Crippen LogP contribution in [0.25, 0.3) is 0 Å². The second-order valence-electron chi connectivity index (χ2n) is 3.91.